The van der Waals surface area contributed by atoms with Crippen molar-refractivity contribution in [2.24, 2.45) is 0 Å². The summed E-state index contributed by atoms with van der Waals surface area (Å²) in [6, 6.07) is 9.90. The number of benzene rings is 1. The normalized spacial score (nSPS) is 23.7. The first-order valence-corrected chi connectivity index (χ1v) is 8.70. The molecule has 0 amide bonds. The van der Waals surface area contributed by atoms with Gasteiger partial charge in [-0.05, 0) is 18.4 Å². The Morgan fingerprint density at radius 3 is 2.96 bits per heavy atom. The van der Waals surface area contributed by atoms with E-state index in [4.69, 9.17) is 21.1 Å². The molecule has 1 aromatic heterocycles. The molecule has 1 N–H and O–H groups in total. The maximum Gasteiger partial charge on any atom is 0.114 e. The Kier molecular flexibility index (Phi) is 6.20. The van der Waals surface area contributed by atoms with Crippen LogP contribution >= 0.6 is 11.6 Å². The summed E-state index contributed by atoms with van der Waals surface area (Å²) < 4.78 is 13.3. The molecule has 130 valence electrons. The molecule has 0 saturated carbocycles. The Hall–Kier alpha value is -1.47. The molecule has 0 radical (unpaired) electrons. The Balaban J connectivity index is 1.56. The highest BCUT2D eigenvalue weighted by Gasteiger charge is 2.37. The van der Waals surface area contributed by atoms with Crippen molar-refractivity contribution in [3.8, 4) is 0 Å². The van der Waals surface area contributed by atoms with E-state index in [0.29, 0.717) is 19.0 Å². The molecule has 0 spiro atoms. The lowest BCUT2D eigenvalue weighted by Crippen LogP contribution is -2.35. The minimum Gasteiger partial charge on any atom is -0.388 e. The molecule has 0 unspecified atom stereocenters. The third kappa shape index (κ3) is 4.54. The summed E-state index contributed by atoms with van der Waals surface area (Å²) in [5, 5.41) is 18.4. The summed E-state index contributed by atoms with van der Waals surface area (Å²) in [5.41, 5.74) is 1.98. The van der Waals surface area contributed by atoms with Crippen LogP contribution in [0.2, 0.25) is 0 Å². The number of aromatic nitrogens is 3. The van der Waals surface area contributed by atoms with Crippen LogP contribution in [0, 0.1) is 0 Å². The number of halogens is 1. The van der Waals surface area contributed by atoms with Gasteiger partial charge in [0, 0.05) is 12.1 Å². The Morgan fingerprint density at radius 1 is 1.33 bits per heavy atom. The van der Waals surface area contributed by atoms with Crippen LogP contribution in [-0.2, 0) is 29.0 Å². The molecule has 7 heteroatoms. The largest absolute Gasteiger partial charge is 0.388 e. The van der Waals surface area contributed by atoms with Gasteiger partial charge in [0.15, 0.2) is 0 Å². The molecule has 1 aliphatic rings. The van der Waals surface area contributed by atoms with Gasteiger partial charge in [0.25, 0.3) is 0 Å². The van der Waals surface area contributed by atoms with Crippen molar-refractivity contribution in [1.82, 2.24) is 15.0 Å². The van der Waals surface area contributed by atoms with Crippen LogP contribution in [-0.4, -0.2) is 50.9 Å². The van der Waals surface area contributed by atoms with E-state index in [-0.39, 0.29) is 18.8 Å². The van der Waals surface area contributed by atoms with E-state index in [1.165, 1.54) is 0 Å². The number of rotatable bonds is 8. The van der Waals surface area contributed by atoms with E-state index in [1.807, 2.05) is 36.5 Å². The Bertz CT molecular complexity index is 623. The molecular formula is C17H22ClN3O3. The van der Waals surface area contributed by atoms with Crippen LogP contribution in [0.5, 0.6) is 0 Å². The van der Waals surface area contributed by atoms with Crippen molar-refractivity contribution < 1.29 is 14.6 Å². The number of nitrogens with zero attached hydrogens (tertiary/aromatic N) is 3. The second-order valence-corrected chi connectivity index (χ2v) is 6.30. The first kappa shape index (κ1) is 17.4. The zero-order valence-electron chi connectivity index (χ0n) is 13.4. The first-order valence-electron chi connectivity index (χ1n) is 8.16. The molecule has 1 fully saturated rings. The van der Waals surface area contributed by atoms with Gasteiger partial charge in [0.2, 0.25) is 0 Å². The minimum absolute atomic E-state index is 0.244. The third-order valence-corrected chi connectivity index (χ3v) is 4.30. The van der Waals surface area contributed by atoms with Crippen LogP contribution in [0.4, 0.5) is 0 Å². The third-order valence-electron chi connectivity index (χ3n) is 4.03. The zero-order chi connectivity index (χ0) is 16.8. The van der Waals surface area contributed by atoms with Crippen molar-refractivity contribution in [3.05, 3.63) is 47.8 Å². The van der Waals surface area contributed by atoms with Crippen LogP contribution < -0.4 is 0 Å². The fraction of sp³-hybridized carbons (Fsp3) is 0.529. The van der Waals surface area contributed by atoms with Gasteiger partial charge in [-0.1, -0.05) is 35.5 Å². The molecule has 6 nitrogen and oxygen atoms in total. The average Bonchev–Trinajstić information content (AvgIpc) is 3.19. The van der Waals surface area contributed by atoms with Crippen molar-refractivity contribution in [1.29, 1.82) is 0 Å². The van der Waals surface area contributed by atoms with Crippen LogP contribution in [0.25, 0.3) is 0 Å². The van der Waals surface area contributed by atoms with Crippen LogP contribution in [0.1, 0.15) is 17.7 Å². The lowest BCUT2D eigenvalue weighted by Gasteiger charge is -2.20. The second kappa shape index (κ2) is 8.58. The standard InChI is InChI=1S/C17H22ClN3O3/c18-8-4-7-14-9-21(20-19-14)10-16-17(15(22)12-23-16)24-11-13-5-2-1-3-6-13/h1-3,5-6,9,15-17,22H,4,7-8,10-12H2/t15-,16-,17+/m1/s1. The fourth-order valence-electron chi connectivity index (χ4n) is 2.78. The van der Waals surface area contributed by atoms with Crippen LogP contribution in [0.15, 0.2) is 36.5 Å². The Labute approximate surface area is 146 Å². The predicted molar refractivity (Wildman–Crippen MR) is 89.8 cm³/mol. The van der Waals surface area contributed by atoms with Crippen LogP contribution in [0.3, 0.4) is 0 Å². The molecule has 2 heterocycles. The monoisotopic (exact) mass is 351 g/mol. The summed E-state index contributed by atoms with van der Waals surface area (Å²) in [5.74, 6) is 0.611. The van der Waals surface area contributed by atoms with E-state index in [2.05, 4.69) is 10.3 Å². The van der Waals surface area contributed by atoms with E-state index in [0.717, 1.165) is 24.1 Å². The van der Waals surface area contributed by atoms with Gasteiger partial charge in [-0.15, -0.1) is 16.7 Å². The fourth-order valence-corrected chi connectivity index (χ4v) is 2.91. The van der Waals surface area contributed by atoms with Gasteiger partial charge in [0.1, 0.15) is 18.3 Å². The van der Waals surface area contributed by atoms with Gasteiger partial charge >= 0.3 is 0 Å². The molecular weight excluding hydrogens is 330 g/mol. The highest BCUT2D eigenvalue weighted by Crippen LogP contribution is 2.21. The lowest BCUT2D eigenvalue weighted by atomic mass is 10.1. The lowest BCUT2D eigenvalue weighted by molar-refractivity contribution is -0.0513. The molecule has 3 atom stereocenters. The highest BCUT2D eigenvalue weighted by atomic mass is 35.5. The van der Waals surface area contributed by atoms with Gasteiger partial charge in [0.05, 0.1) is 25.5 Å². The van der Waals surface area contributed by atoms with Crippen molar-refractivity contribution >= 4 is 11.6 Å². The van der Waals surface area contributed by atoms with Gasteiger partial charge in [-0.25, -0.2) is 4.68 Å². The number of ether oxygens (including phenoxy) is 2. The number of alkyl halides is 1. The number of hydrogen-bond acceptors (Lipinski definition) is 5. The van der Waals surface area contributed by atoms with Gasteiger partial charge in [-0.3, -0.25) is 0 Å². The summed E-state index contributed by atoms with van der Waals surface area (Å²) in [6.07, 6.45) is 2.34. The molecule has 0 bridgehead atoms. The van der Waals surface area contributed by atoms with Crippen molar-refractivity contribution in [2.75, 3.05) is 12.5 Å². The SMILES string of the molecule is O[C@@H]1CO[C@H](Cn2cc(CCCCl)nn2)[C@H]1OCc1ccccc1. The first-order chi connectivity index (χ1) is 11.8. The molecule has 24 heavy (non-hydrogen) atoms. The molecule has 1 saturated heterocycles. The summed E-state index contributed by atoms with van der Waals surface area (Å²) in [4.78, 5) is 0. The summed E-state index contributed by atoms with van der Waals surface area (Å²) in [6.45, 7) is 1.23. The number of hydrogen-bond donors (Lipinski definition) is 1. The van der Waals surface area contributed by atoms with Gasteiger partial charge in [-0.2, -0.15) is 0 Å². The van der Waals surface area contributed by atoms with Crippen molar-refractivity contribution in [2.45, 2.75) is 44.3 Å². The maximum absolute atomic E-state index is 10.1. The highest BCUT2D eigenvalue weighted by molar-refractivity contribution is 6.17. The average molecular weight is 352 g/mol. The number of aryl methyl sites for hydroxylation is 1. The zero-order valence-corrected chi connectivity index (χ0v) is 14.2. The second-order valence-electron chi connectivity index (χ2n) is 5.92. The van der Waals surface area contributed by atoms with E-state index in [9.17, 15) is 5.11 Å². The number of aliphatic hydroxyl groups excluding tert-OH is 1. The van der Waals surface area contributed by atoms with E-state index in [1.54, 1.807) is 4.68 Å². The summed E-state index contributed by atoms with van der Waals surface area (Å²) in [7, 11) is 0. The van der Waals surface area contributed by atoms with E-state index < -0.39 is 6.10 Å². The van der Waals surface area contributed by atoms with Crippen molar-refractivity contribution in [3.63, 3.8) is 0 Å². The predicted octanol–water partition coefficient (Wildman–Crippen LogP) is 1.79. The van der Waals surface area contributed by atoms with E-state index >= 15 is 0 Å². The molecule has 2 aromatic rings. The Morgan fingerprint density at radius 2 is 2.17 bits per heavy atom. The molecule has 3 rings (SSSR count). The number of aliphatic hydroxyl groups is 1. The molecule has 1 aromatic carbocycles. The minimum atomic E-state index is -0.627. The molecule has 0 aliphatic carbocycles. The smallest absolute Gasteiger partial charge is 0.114 e. The van der Waals surface area contributed by atoms with Gasteiger partial charge < -0.3 is 14.6 Å². The maximum atomic E-state index is 10.1. The topological polar surface area (TPSA) is 69.4 Å². The summed E-state index contributed by atoms with van der Waals surface area (Å²) >= 11 is 5.70. The molecule has 1 aliphatic heterocycles. The quantitative estimate of drug-likeness (QED) is 0.734.